The number of nitrogens with one attached hydrogen (secondary N) is 1. The standard InChI is InChI=1S/C14H16FN3O/c1-18-9-16-7-11(18)8-17-13-4-5-19-14-3-2-10(15)6-12(13)14/h2-3,6-7,9,13,17H,4-5,8H2,1H3. The van der Waals surface area contributed by atoms with Crippen molar-refractivity contribution >= 4 is 0 Å². The molecule has 0 radical (unpaired) electrons. The van der Waals surface area contributed by atoms with Crippen LogP contribution >= 0.6 is 0 Å². The fourth-order valence-electron chi connectivity index (χ4n) is 2.36. The number of fused-ring (bicyclic) bond motifs is 1. The summed E-state index contributed by atoms with van der Waals surface area (Å²) in [6, 6.07) is 4.80. The molecule has 4 nitrogen and oxygen atoms in total. The third-order valence-electron chi connectivity index (χ3n) is 3.46. The minimum absolute atomic E-state index is 0.120. The molecule has 0 fully saturated rings. The van der Waals surface area contributed by atoms with Crippen molar-refractivity contribution in [3.05, 3.63) is 47.8 Å². The Morgan fingerprint density at radius 3 is 3.21 bits per heavy atom. The summed E-state index contributed by atoms with van der Waals surface area (Å²) in [4.78, 5) is 4.08. The van der Waals surface area contributed by atoms with E-state index >= 15 is 0 Å². The first-order valence-corrected chi connectivity index (χ1v) is 6.35. The van der Waals surface area contributed by atoms with Gasteiger partial charge in [-0.15, -0.1) is 0 Å². The van der Waals surface area contributed by atoms with Crippen molar-refractivity contribution in [3.63, 3.8) is 0 Å². The predicted molar refractivity (Wildman–Crippen MR) is 69.3 cm³/mol. The predicted octanol–water partition coefficient (Wildman–Crippen LogP) is 2.17. The van der Waals surface area contributed by atoms with Crippen LogP contribution in [0.5, 0.6) is 5.75 Å². The molecule has 0 aliphatic carbocycles. The Bertz CT molecular complexity index is 582. The highest BCUT2D eigenvalue weighted by molar-refractivity contribution is 5.38. The Labute approximate surface area is 111 Å². The smallest absolute Gasteiger partial charge is 0.124 e. The maximum Gasteiger partial charge on any atom is 0.124 e. The number of hydrogen-bond acceptors (Lipinski definition) is 3. The molecule has 2 heterocycles. The zero-order chi connectivity index (χ0) is 13.2. The number of rotatable bonds is 3. The van der Waals surface area contributed by atoms with E-state index in [0.717, 1.165) is 23.4 Å². The summed E-state index contributed by atoms with van der Waals surface area (Å²) in [5.41, 5.74) is 2.00. The second kappa shape index (κ2) is 5.01. The first-order valence-electron chi connectivity index (χ1n) is 6.35. The lowest BCUT2D eigenvalue weighted by Crippen LogP contribution is -2.27. The molecule has 0 amide bonds. The zero-order valence-electron chi connectivity index (χ0n) is 10.8. The van der Waals surface area contributed by atoms with Crippen LogP contribution in [0, 0.1) is 5.82 Å². The summed E-state index contributed by atoms with van der Waals surface area (Å²) in [7, 11) is 1.96. The van der Waals surface area contributed by atoms with Crippen LogP contribution in [-0.2, 0) is 13.6 Å². The lowest BCUT2D eigenvalue weighted by Gasteiger charge is -2.26. The van der Waals surface area contributed by atoms with Crippen molar-refractivity contribution < 1.29 is 9.13 Å². The molecule has 1 aliphatic heterocycles. The molecule has 0 spiro atoms. The quantitative estimate of drug-likeness (QED) is 0.920. The van der Waals surface area contributed by atoms with Crippen molar-refractivity contribution in [2.75, 3.05) is 6.61 Å². The van der Waals surface area contributed by atoms with Crippen molar-refractivity contribution in [2.24, 2.45) is 7.05 Å². The number of ether oxygens (including phenoxy) is 1. The van der Waals surface area contributed by atoms with E-state index in [0.29, 0.717) is 13.2 Å². The van der Waals surface area contributed by atoms with Crippen LogP contribution in [0.15, 0.2) is 30.7 Å². The Hall–Kier alpha value is -1.88. The fourth-order valence-corrected chi connectivity index (χ4v) is 2.36. The largest absolute Gasteiger partial charge is 0.493 e. The molecule has 19 heavy (non-hydrogen) atoms. The monoisotopic (exact) mass is 261 g/mol. The summed E-state index contributed by atoms with van der Waals surface area (Å²) in [5, 5.41) is 3.44. The second-order valence-electron chi connectivity index (χ2n) is 4.75. The van der Waals surface area contributed by atoms with Gasteiger partial charge in [0.25, 0.3) is 0 Å². The van der Waals surface area contributed by atoms with Crippen LogP contribution in [0.2, 0.25) is 0 Å². The van der Waals surface area contributed by atoms with E-state index in [-0.39, 0.29) is 11.9 Å². The zero-order valence-corrected chi connectivity index (χ0v) is 10.8. The summed E-state index contributed by atoms with van der Waals surface area (Å²) >= 11 is 0. The van der Waals surface area contributed by atoms with Gasteiger partial charge in [0.2, 0.25) is 0 Å². The van der Waals surface area contributed by atoms with E-state index in [4.69, 9.17) is 4.74 Å². The number of imidazole rings is 1. The first kappa shape index (κ1) is 12.2. The Kier molecular flexibility index (Phi) is 3.21. The van der Waals surface area contributed by atoms with Gasteiger partial charge in [0.1, 0.15) is 11.6 Å². The molecule has 100 valence electrons. The average molecular weight is 261 g/mol. The molecule has 0 bridgehead atoms. The number of halogens is 1. The maximum atomic E-state index is 13.3. The molecule has 0 saturated carbocycles. The number of aryl methyl sites for hydroxylation is 1. The second-order valence-corrected chi connectivity index (χ2v) is 4.75. The fraction of sp³-hybridized carbons (Fsp3) is 0.357. The Morgan fingerprint density at radius 2 is 2.42 bits per heavy atom. The van der Waals surface area contributed by atoms with E-state index in [1.54, 1.807) is 18.5 Å². The lowest BCUT2D eigenvalue weighted by atomic mass is 10.0. The SMILES string of the molecule is Cn1cncc1CNC1CCOc2ccc(F)cc21. The van der Waals surface area contributed by atoms with Gasteiger partial charge in [-0.1, -0.05) is 0 Å². The van der Waals surface area contributed by atoms with Crippen LogP contribution < -0.4 is 10.1 Å². The number of hydrogen-bond donors (Lipinski definition) is 1. The highest BCUT2D eigenvalue weighted by Crippen LogP contribution is 2.32. The molecule has 1 aromatic carbocycles. The van der Waals surface area contributed by atoms with Gasteiger partial charge in [0.05, 0.1) is 18.6 Å². The number of benzene rings is 1. The molecule has 1 unspecified atom stereocenters. The first-order chi connectivity index (χ1) is 9.24. The van der Waals surface area contributed by atoms with Gasteiger partial charge in [-0.05, 0) is 18.2 Å². The van der Waals surface area contributed by atoms with E-state index < -0.39 is 0 Å². The Balaban J connectivity index is 1.76. The molecule has 1 atom stereocenters. The van der Waals surface area contributed by atoms with Gasteiger partial charge < -0.3 is 14.6 Å². The van der Waals surface area contributed by atoms with Gasteiger partial charge in [0, 0.05) is 37.8 Å². The van der Waals surface area contributed by atoms with Crippen molar-refractivity contribution in [2.45, 2.75) is 19.0 Å². The van der Waals surface area contributed by atoms with Crippen LogP contribution in [0.25, 0.3) is 0 Å². The average Bonchev–Trinajstić information content (AvgIpc) is 2.82. The van der Waals surface area contributed by atoms with E-state index in [9.17, 15) is 4.39 Å². The van der Waals surface area contributed by atoms with Gasteiger partial charge >= 0.3 is 0 Å². The van der Waals surface area contributed by atoms with Crippen molar-refractivity contribution in [3.8, 4) is 5.75 Å². The van der Waals surface area contributed by atoms with E-state index in [1.165, 1.54) is 6.07 Å². The molecule has 3 rings (SSSR count). The summed E-state index contributed by atoms with van der Waals surface area (Å²) in [5.74, 6) is 0.548. The number of aromatic nitrogens is 2. The van der Waals surface area contributed by atoms with Crippen LogP contribution in [0.1, 0.15) is 23.7 Å². The summed E-state index contributed by atoms with van der Waals surface area (Å²) in [6.45, 7) is 1.36. The maximum absolute atomic E-state index is 13.3. The molecule has 2 aromatic rings. The van der Waals surface area contributed by atoms with Gasteiger partial charge in [-0.3, -0.25) is 0 Å². The van der Waals surface area contributed by atoms with Crippen LogP contribution in [0.3, 0.4) is 0 Å². The Morgan fingerprint density at radius 1 is 1.53 bits per heavy atom. The van der Waals surface area contributed by atoms with Crippen LogP contribution in [-0.4, -0.2) is 16.2 Å². The minimum atomic E-state index is -0.225. The van der Waals surface area contributed by atoms with Crippen molar-refractivity contribution in [1.29, 1.82) is 0 Å². The van der Waals surface area contributed by atoms with Gasteiger partial charge in [0.15, 0.2) is 0 Å². The highest BCUT2D eigenvalue weighted by atomic mass is 19.1. The lowest BCUT2D eigenvalue weighted by molar-refractivity contribution is 0.251. The molecular weight excluding hydrogens is 245 g/mol. The molecular formula is C14H16FN3O. The highest BCUT2D eigenvalue weighted by Gasteiger charge is 2.21. The minimum Gasteiger partial charge on any atom is -0.493 e. The summed E-state index contributed by atoms with van der Waals surface area (Å²) < 4.78 is 20.9. The van der Waals surface area contributed by atoms with E-state index in [2.05, 4.69) is 10.3 Å². The molecule has 1 aliphatic rings. The molecule has 1 aromatic heterocycles. The van der Waals surface area contributed by atoms with Gasteiger partial charge in [-0.25, -0.2) is 9.37 Å². The summed E-state index contributed by atoms with van der Waals surface area (Å²) in [6.07, 6.45) is 4.45. The number of nitrogens with zero attached hydrogens (tertiary/aromatic N) is 2. The molecule has 0 saturated heterocycles. The van der Waals surface area contributed by atoms with Crippen LogP contribution in [0.4, 0.5) is 4.39 Å². The normalized spacial score (nSPS) is 17.9. The van der Waals surface area contributed by atoms with E-state index in [1.807, 2.05) is 17.8 Å². The third-order valence-corrected chi connectivity index (χ3v) is 3.46. The van der Waals surface area contributed by atoms with Crippen molar-refractivity contribution in [1.82, 2.24) is 14.9 Å². The molecule has 5 heteroatoms. The molecule has 1 N–H and O–H groups in total. The topological polar surface area (TPSA) is 39.1 Å². The van der Waals surface area contributed by atoms with Gasteiger partial charge in [-0.2, -0.15) is 0 Å². The third kappa shape index (κ3) is 2.46.